The molecule has 0 amide bonds. The lowest BCUT2D eigenvalue weighted by Crippen LogP contribution is -2.29. The number of ether oxygens (including phenoxy) is 2. The molecule has 17 heavy (non-hydrogen) atoms. The van der Waals surface area contributed by atoms with Crippen LogP contribution < -0.4 is 10.1 Å². The van der Waals surface area contributed by atoms with Gasteiger partial charge in [0.2, 0.25) is 0 Å². The normalized spacial score (nSPS) is 14.9. The molecule has 1 N–H and O–H groups in total. The van der Waals surface area contributed by atoms with Gasteiger partial charge < -0.3 is 14.8 Å². The second-order valence-corrected chi connectivity index (χ2v) is 3.98. The largest absolute Gasteiger partial charge is 0.493 e. The first-order chi connectivity index (χ1) is 8.26. The van der Waals surface area contributed by atoms with E-state index in [0.29, 0.717) is 6.54 Å². The van der Waals surface area contributed by atoms with Gasteiger partial charge in [-0.25, -0.2) is 4.79 Å². The van der Waals surface area contributed by atoms with Crippen LogP contribution in [0.25, 0.3) is 0 Å². The highest BCUT2D eigenvalue weighted by molar-refractivity contribution is 5.77. The summed E-state index contributed by atoms with van der Waals surface area (Å²) < 4.78 is 10.2. The Morgan fingerprint density at radius 3 is 3.12 bits per heavy atom. The molecule has 1 heterocycles. The predicted octanol–water partition coefficient (Wildman–Crippen LogP) is 1.45. The number of carbonyl (C=O) groups is 1. The lowest BCUT2D eigenvalue weighted by Gasteiger charge is -2.16. The maximum Gasteiger partial charge on any atom is 0.327 e. The third kappa shape index (κ3) is 2.42. The van der Waals surface area contributed by atoms with Crippen molar-refractivity contribution < 1.29 is 14.3 Å². The first-order valence-corrected chi connectivity index (χ1v) is 5.83. The van der Waals surface area contributed by atoms with Crippen LogP contribution in [-0.2, 0) is 16.0 Å². The van der Waals surface area contributed by atoms with Gasteiger partial charge in [0.25, 0.3) is 0 Å². The number of nitrogens with one attached hydrogen (secondary N) is 1. The molecule has 4 nitrogen and oxygen atoms in total. The number of carbonyl (C=O) groups excluding carboxylic acids is 1. The topological polar surface area (TPSA) is 47.6 Å². The summed E-state index contributed by atoms with van der Waals surface area (Å²) in [6.07, 6.45) is 0.906. The Morgan fingerprint density at radius 2 is 2.41 bits per heavy atom. The summed E-state index contributed by atoms with van der Waals surface area (Å²) in [5.74, 6) is 0.666. The maximum absolute atomic E-state index is 11.7. The molecule has 1 aromatic carbocycles. The monoisotopic (exact) mass is 235 g/mol. The number of hydrogen-bond donors (Lipinski definition) is 1. The second kappa shape index (κ2) is 5.19. The molecule has 0 spiro atoms. The Bertz CT molecular complexity index is 417. The number of methoxy groups -OCH3 is 1. The predicted molar refractivity (Wildman–Crippen MR) is 64.1 cm³/mol. The molecule has 0 saturated carbocycles. The minimum absolute atomic E-state index is 0.259. The standard InChI is InChI=1S/C13H17NO3/c1-3-14-12(13(15)16-2)10-4-5-11-9(8-10)6-7-17-11/h4-5,8,12,14H,3,6-7H2,1-2H3. The van der Waals surface area contributed by atoms with E-state index in [4.69, 9.17) is 9.47 Å². The van der Waals surface area contributed by atoms with Crippen LogP contribution in [0.5, 0.6) is 5.75 Å². The van der Waals surface area contributed by atoms with Gasteiger partial charge in [-0.2, -0.15) is 0 Å². The van der Waals surface area contributed by atoms with Crippen LogP contribution in [0.15, 0.2) is 18.2 Å². The van der Waals surface area contributed by atoms with Crippen molar-refractivity contribution in [1.29, 1.82) is 0 Å². The average Bonchev–Trinajstić information content (AvgIpc) is 2.82. The van der Waals surface area contributed by atoms with Gasteiger partial charge >= 0.3 is 5.97 Å². The number of esters is 1. The number of rotatable bonds is 4. The number of benzene rings is 1. The zero-order valence-corrected chi connectivity index (χ0v) is 10.2. The van der Waals surface area contributed by atoms with Crippen LogP contribution in [0.4, 0.5) is 0 Å². The van der Waals surface area contributed by atoms with Crippen molar-refractivity contribution in [3.63, 3.8) is 0 Å². The van der Waals surface area contributed by atoms with Gasteiger partial charge in [-0.05, 0) is 29.8 Å². The van der Waals surface area contributed by atoms with E-state index in [-0.39, 0.29) is 5.97 Å². The fourth-order valence-electron chi connectivity index (χ4n) is 2.05. The van der Waals surface area contributed by atoms with Crippen LogP contribution in [0, 0.1) is 0 Å². The van der Waals surface area contributed by atoms with Crippen LogP contribution in [-0.4, -0.2) is 26.2 Å². The molecular formula is C13H17NO3. The number of hydrogen-bond acceptors (Lipinski definition) is 4. The van der Waals surface area contributed by atoms with Crippen molar-refractivity contribution in [2.45, 2.75) is 19.4 Å². The smallest absolute Gasteiger partial charge is 0.327 e. The van der Waals surface area contributed by atoms with E-state index < -0.39 is 6.04 Å². The molecule has 0 fully saturated rings. The molecule has 1 unspecified atom stereocenters. The molecule has 0 aliphatic carbocycles. The molecule has 0 radical (unpaired) electrons. The quantitative estimate of drug-likeness (QED) is 0.802. The minimum Gasteiger partial charge on any atom is -0.493 e. The molecule has 0 bridgehead atoms. The summed E-state index contributed by atoms with van der Waals surface area (Å²) in [6.45, 7) is 3.41. The van der Waals surface area contributed by atoms with Gasteiger partial charge in [0.1, 0.15) is 11.8 Å². The molecule has 1 aromatic rings. The lowest BCUT2D eigenvalue weighted by molar-refractivity contribution is -0.143. The zero-order chi connectivity index (χ0) is 12.3. The summed E-state index contributed by atoms with van der Waals surface area (Å²) in [5, 5.41) is 3.13. The van der Waals surface area contributed by atoms with E-state index in [2.05, 4.69) is 5.32 Å². The summed E-state index contributed by atoms with van der Waals surface area (Å²) in [5.41, 5.74) is 2.09. The maximum atomic E-state index is 11.7. The molecule has 1 aliphatic heterocycles. The fraction of sp³-hybridized carbons (Fsp3) is 0.462. The van der Waals surface area contributed by atoms with Gasteiger partial charge in [0, 0.05) is 6.42 Å². The van der Waals surface area contributed by atoms with Crippen molar-refractivity contribution in [2.75, 3.05) is 20.3 Å². The Kier molecular flexibility index (Phi) is 3.64. The summed E-state index contributed by atoms with van der Waals surface area (Å²) in [6, 6.07) is 5.46. The number of likely N-dealkylation sites (N-methyl/N-ethyl adjacent to an activating group) is 1. The van der Waals surface area contributed by atoms with E-state index in [1.165, 1.54) is 7.11 Å². The Morgan fingerprint density at radius 1 is 1.59 bits per heavy atom. The van der Waals surface area contributed by atoms with E-state index in [9.17, 15) is 4.79 Å². The van der Waals surface area contributed by atoms with E-state index >= 15 is 0 Å². The molecule has 92 valence electrons. The molecule has 2 rings (SSSR count). The average molecular weight is 235 g/mol. The Labute approximate surface area is 101 Å². The van der Waals surface area contributed by atoms with E-state index in [0.717, 1.165) is 29.9 Å². The van der Waals surface area contributed by atoms with Crippen molar-refractivity contribution in [3.05, 3.63) is 29.3 Å². The summed E-state index contributed by atoms with van der Waals surface area (Å²) in [7, 11) is 1.41. The van der Waals surface area contributed by atoms with Crippen LogP contribution >= 0.6 is 0 Å². The van der Waals surface area contributed by atoms with Crippen LogP contribution in [0.1, 0.15) is 24.1 Å². The SMILES string of the molecule is CCNC(C(=O)OC)c1ccc2c(c1)CCO2. The highest BCUT2D eigenvalue weighted by Crippen LogP contribution is 2.28. The highest BCUT2D eigenvalue weighted by Gasteiger charge is 2.22. The first kappa shape index (κ1) is 11.9. The zero-order valence-electron chi connectivity index (χ0n) is 10.2. The van der Waals surface area contributed by atoms with Crippen molar-refractivity contribution in [3.8, 4) is 5.75 Å². The lowest BCUT2D eigenvalue weighted by atomic mass is 10.0. The van der Waals surface area contributed by atoms with Gasteiger partial charge in [0.15, 0.2) is 0 Å². The van der Waals surface area contributed by atoms with Crippen molar-refractivity contribution in [1.82, 2.24) is 5.32 Å². The third-order valence-electron chi connectivity index (χ3n) is 2.89. The third-order valence-corrected chi connectivity index (χ3v) is 2.89. The van der Waals surface area contributed by atoms with Gasteiger partial charge in [0.05, 0.1) is 13.7 Å². The minimum atomic E-state index is -0.393. The van der Waals surface area contributed by atoms with Crippen molar-refractivity contribution in [2.24, 2.45) is 0 Å². The van der Waals surface area contributed by atoms with E-state index in [1.807, 2.05) is 25.1 Å². The molecule has 0 aromatic heterocycles. The van der Waals surface area contributed by atoms with Crippen molar-refractivity contribution >= 4 is 5.97 Å². The fourth-order valence-corrected chi connectivity index (χ4v) is 2.05. The van der Waals surface area contributed by atoms with Gasteiger partial charge in [-0.1, -0.05) is 13.0 Å². The summed E-state index contributed by atoms with van der Waals surface area (Å²) in [4.78, 5) is 11.7. The van der Waals surface area contributed by atoms with Gasteiger partial charge in [-0.15, -0.1) is 0 Å². The Hall–Kier alpha value is -1.55. The summed E-state index contributed by atoms with van der Waals surface area (Å²) >= 11 is 0. The van der Waals surface area contributed by atoms with E-state index in [1.54, 1.807) is 0 Å². The first-order valence-electron chi connectivity index (χ1n) is 5.83. The van der Waals surface area contributed by atoms with Crippen LogP contribution in [0.3, 0.4) is 0 Å². The molecule has 1 aliphatic rings. The Balaban J connectivity index is 2.26. The molecular weight excluding hydrogens is 218 g/mol. The number of fused-ring (bicyclic) bond motifs is 1. The second-order valence-electron chi connectivity index (χ2n) is 3.98. The molecule has 4 heteroatoms. The van der Waals surface area contributed by atoms with Crippen LogP contribution in [0.2, 0.25) is 0 Å². The highest BCUT2D eigenvalue weighted by atomic mass is 16.5. The van der Waals surface area contributed by atoms with Gasteiger partial charge in [-0.3, -0.25) is 0 Å². The molecule has 1 atom stereocenters. The molecule has 0 saturated heterocycles.